The minimum atomic E-state index is -0.715. The van der Waals surface area contributed by atoms with Crippen LogP contribution in [0.25, 0.3) is 0 Å². The number of nitrogens with one attached hydrogen (secondary N) is 1. The molecule has 0 aromatic heterocycles. The van der Waals surface area contributed by atoms with Crippen molar-refractivity contribution in [2.24, 2.45) is 11.8 Å². The molecule has 2 saturated heterocycles. The normalized spacial score (nSPS) is 28.1. The fourth-order valence-corrected chi connectivity index (χ4v) is 5.05. The fraction of sp³-hybridized carbons (Fsp3) is 0.360. The third-order valence-electron chi connectivity index (χ3n) is 6.57. The number of anilines is 1. The molecule has 1 N–H and O–H groups in total. The minimum absolute atomic E-state index is 0.0542. The maximum absolute atomic E-state index is 13.4. The van der Waals surface area contributed by atoms with Crippen LogP contribution in [-0.2, 0) is 20.7 Å². The van der Waals surface area contributed by atoms with Gasteiger partial charge in [-0.2, -0.15) is 0 Å². The van der Waals surface area contributed by atoms with Gasteiger partial charge in [0.15, 0.2) is 0 Å². The average molecular weight is 418 g/mol. The van der Waals surface area contributed by atoms with Crippen LogP contribution in [0.2, 0.25) is 0 Å². The highest BCUT2D eigenvalue weighted by molar-refractivity contribution is 6.03. The molecule has 31 heavy (non-hydrogen) atoms. The lowest BCUT2D eigenvalue weighted by Gasteiger charge is -2.23. The van der Waals surface area contributed by atoms with Gasteiger partial charge in [0.05, 0.1) is 31.6 Å². The smallest absolute Gasteiger partial charge is 0.234 e. The van der Waals surface area contributed by atoms with Crippen molar-refractivity contribution in [2.75, 3.05) is 25.1 Å². The lowest BCUT2D eigenvalue weighted by atomic mass is 9.77. The summed E-state index contributed by atoms with van der Waals surface area (Å²) < 4.78 is 11.4. The van der Waals surface area contributed by atoms with Crippen molar-refractivity contribution in [3.8, 4) is 5.75 Å². The number of nitrogens with zero attached hydrogens (tertiary/aromatic N) is 1. The van der Waals surface area contributed by atoms with Gasteiger partial charge in [-0.3, -0.25) is 9.59 Å². The summed E-state index contributed by atoms with van der Waals surface area (Å²) in [7, 11) is 1.61. The largest absolute Gasteiger partial charge is 0.497 e. The van der Waals surface area contributed by atoms with Crippen LogP contribution >= 0.6 is 0 Å². The summed E-state index contributed by atoms with van der Waals surface area (Å²) >= 11 is 0. The van der Waals surface area contributed by atoms with Crippen LogP contribution in [0.4, 0.5) is 5.69 Å². The number of carbonyl (C=O) groups excluding carboxylic acids is 2. The van der Waals surface area contributed by atoms with Gasteiger partial charge in [0.2, 0.25) is 11.8 Å². The summed E-state index contributed by atoms with van der Waals surface area (Å²) in [5, 5.41) is 3.04. The van der Waals surface area contributed by atoms with Gasteiger partial charge in [-0.15, -0.1) is 0 Å². The van der Waals surface area contributed by atoms with Crippen molar-refractivity contribution < 1.29 is 19.1 Å². The number of benzene rings is 2. The van der Waals surface area contributed by atoms with E-state index in [4.69, 9.17) is 9.47 Å². The second kappa shape index (κ2) is 7.85. The van der Waals surface area contributed by atoms with Gasteiger partial charge < -0.3 is 19.7 Å². The third-order valence-corrected chi connectivity index (χ3v) is 6.57. The standard InChI is InChI=1S/C25H26N2O4/c1-30-19-11-9-18(10-12-19)27-16-25-14-13-20(31-25)21(22(25)24(27)29)23(28)26-15-5-8-17-6-3-2-4-7-17/h2-4,6-7,9-14,20-22H,5,8,15-16H2,1H3,(H,26,28)/t20-,21+,22+,25-/m1/s1. The molecule has 6 nitrogen and oxygen atoms in total. The SMILES string of the molecule is COc1ccc(N2C[C@@]34C=C[C@@H](O3)[C@H](C(=O)NCCCc3ccccc3)[C@H]4C2=O)cc1. The van der Waals surface area contributed by atoms with Crippen molar-refractivity contribution in [3.05, 3.63) is 72.3 Å². The summed E-state index contributed by atoms with van der Waals surface area (Å²) in [4.78, 5) is 28.1. The Hall–Kier alpha value is -3.12. The van der Waals surface area contributed by atoms with E-state index in [1.165, 1.54) is 5.56 Å². The van der Waals surface area contributed by atoms with Crippen LogP contribution in [-0.4, -0.2) is 43.7 Å². The Morgan fingerprint density at radius 3 is 2.71 bits per heavy atom. The summed E-state index contributed by atoms with van der Waals surface area (Å²) in [5.74, 6) is -0.393. The predicted molar refractivity (Wildman–Crippen MR) is 117 cm³/mol. The number of aryl methyl sites for hydroxylation is 1. The highest BCUT2D eigenvalue weighted by atomic mass is 16.5. The zero-order chi connectivity index (χ0) is 21.4. The van der Waals surface area contributed by atoms with Crippen LogP contribution in [0.1, 0.15) is 12.0 Å². The van der Waals surface area contributed by atoms with Crippen LogP contribution in [0.5, 0.6) is 5.75 Å². The van der Waals surface area contributed by atoms with E-state index < -0.39 is 17.4 Å². The van der Waals surface area contributed by atoms with E-state index in [9.17, 15) is 9.59 Å². The summed E-state index contributed by atoms with van der Waals surface area (Å²) in [6.45, 7) is 1.00. The lowest BCUT2D eigenvalue weighted by molar-refractivity contribution is -0.131. The van der Waals surface area contributed by atoms with Crippen molar-refractivity contribution in [3.63, 3.8) is 0 Å². The van der Waals surface area contributed by atoms with Gasteiger partial charge in [-0.25, -0.2) is 0 Å². The van der Waals surface area contributed by atoms with E-state index in [1.807, 2.05) is 54.6 Å². The Kier molecular flexibility index (Phi) is 5.02. The maximum atomic E-state index is 13.4. The molecule has 2 aromatic carbocycles. The molecule has 2 amide bonds. The molecule has 2 bridgehead atoms. The number of fused-ring (bicyclic) bond motifs is 1. The second-order valence-corrected chi connectivity index (χ2v) is 8.40. The number of carbonyl (C=O) groups is 2. The first kappa shape index (κ1) is 19.8. The molecule has 3 aliphatic rings. The molecular formula is C25H26N2O4. The van der Waals surface area contributed by atoms with Crippen LogP contribution in [0, 0.1) is 11.8 Å². The molecule has 6 heteroatoms. The Labute approximate surface area is 181 Å². The molecule has 160 valence electrons. The highest BCUT2D eigenvalue weighted by Gasteiger charge is 2.67. The number of amides is 2. The first-order valence-electron chi connectivity index (χ1n) is 10.8. The molecule has 0 saturated carbocycles. The molecule has 5 rings (SSSR count). The predicted octanol–water partition coefficient (Wildman–Crippen LogP) is 2.73. The first-order chi connectivity index (χ1) is 15.1. The van der Waals surface area contributed by atoms with E-state index in [0.29, 0.717) is 13.1 Å². The molecular weight excluding hydrogens is 392 g/mol. The molecule has 0 unspecified atom stereocenters. The molecule has 4 atom stereocenters. The van der Waals surface area contributed by atoms with Crippen molar-refractivity contribution in [1.82, 2.24) is 5.32 Å². The first-order valence-corrected chi connectivity index (χ1v) is 10.8. The molecule has 0 aliphatic carbocycles. The van der Waals surface area contributed by atoms with E-state index in [0.717, 1.165) is 24.3 Å². The molecule has 3 aliphatic heterocycles. The van der Waals surface area contributed by atoms with Crippen LogP contribution < -0.4 is 15.0 Å². The molecule has 0 radical (unpaired) electrons. The summed E-state index contributed by atoms with van der Waals surface area (Å²) in [6.07, 6.45) is 5.34. The zero-order valence-corrected chi connectivity index (χ0v) is 17.5. The Morgan fingerprint density at radius 1 is 1.19 bits per heavy atom. The number of hydrogen-bond donors (Lipinski definition) is 1. The van der Waals surface area contributed by atoms with E-state index in [2.05, 4.69) is 17.4 Å². The van der Waals surface area contributed by atoms with Crippen LogP contribution in [0.15, 0.2) is 66.7 Å². The van der Waals surface area contributed by atoms with Crippen molar-refractivity contribution in [1.29, 1.82) is 0 Å². The lowest BCUT2D eigenvalue weighted by Crippen LogP contribution is -2.44. The minimum Gasteiger partial charge on any atom is -0.497 e. The molecule has 3 heterocycles. The zero-order valence-electron chi connectivity index (χ0n) is 17.5. The van der Waals surface area contributed by atoms with Gasteiger partial charge in [0.25, 0.3) is 0 Å². The van der Waals surface area contributed by atoms with Gasteiger partial charge in [-0.05, 0) is 42.7 Å². The van der Waals surface area contributed by atoms with Gasteiger partial charge in [0, 0.05) is 12.2 Å². The quantitative estimate of drug-likeness (QED) is 0.555. The topological polar surface area (TPSA) is 67.9 Å². The van der Waals surface area contributed by atoms with Crippen molar-refractivity contribution in [2.45, 2.75) is 24.5 Å². The summed E-state index contributed by atoms with van der Waals surface area (Å²) in [5.41, 5.74) is 1.33. The van der Waals surface area contributed by atoms with Gasteiger partial charge >= 0.3 is 0 Å². The second-order valence-electron chi connectivity index (χ2n) is 8.40. The monoisotopic (exact) mass is 418 g/mol. The number of hydrogen-bond acceptors (Lipinski definition) is 4. The van der Waals surface area contributed by atoms with E-state index in [-0.39, 0.29) is 17.9 Å². The number of ether oxygens (including phenoxy) is 2. The highest BCUT2D eigenvalue weighted by Crippen LogP contribution is 2.52. The average Bonchev–Trinajstić information content (AvgIpc) is 3.45. The third kappa shape index (κ3) is 3.41. The Bertz CT molecular complexity index is 1000. The van der Waals surface area contributed by atoms with Crippen molar-refractivity contribution >= 4 is 17.5 Å². The molecule has 2 fully saturated rings. The van der Waals surface area contributed by atoms with Crippen LogP contribution in [0.3, 0.4) is 0 Å². The maximum Gasteiger partial charge on any atom is 0.234 e. The number of rotatable bonds is 7. The Balaban J connectivity index is 1.26. The Morgan fingerprint density at radius 2 is 1.97 bits per heavy atom. The summed E-state index contributed by atoms with van der Waals surface area (Å²) in [6, 6.07) is 17.6. The number of methoxy groups -OCH3 is 1. The van der Waals surface area contributed by atoms with E-state index >= 15 is 0 Å². The van der Waals surface area contributed by atoms with Gasteiger partial charge in [0.1, 0.15) is 11.4 Å². The molecule has 2 aromatic rings. The molecule has 1 spiro atoms. The van der Waals surface area contributed by atoms with E-state index in [1.54, 1.807) is 12.0 Å². The van der Waals surface area contributed by atoms with Gasteiger partial charge in [-0.1, -0.05) is 42.5 Å². The fourth-order valence-electron chi connectivity index (χ4n) is 5.05.